The zero-order valence-electron chi connectivity index (χ0n) is 12.5. The van der Waals surface area contributed by atoms with E-state index in [9.17, 15) is 9.59 Å². The van der Waals surface area contributed by atoms with Crippen LogP contribution in [0.2, 0.25) is 0 Å². The molecule has 0 fully saturated rings. The number of ether oxygens (including phenoxy) is 1. The van der Waals surface area contributed by atoms with Gasteiger partial charge in [0, 0.05) is 13.6 Å². The summed E-state index contributed by atoms with van der Waals surface area (Å²) in [5.74, 6) is -0.470. The van der Waals surface area contributed by atoms with Crippen LogP contribution in [0, 0.1) is 0 Å². The van der Waals surface area contributed by atoms with E-state index in [0.29, 0.717) is 17.8 Å². The first kappa shape index (κ1) is 16.0. The minimum Gasteiger partial charge on any atom is -0.465 e. The van der Waals surface area contributed by atoms with E-state index in [0.717, 1.165) is 6.42 Å². The molecule has 0 spiro atoms. The van der Waals surface area contributed by atoms with Gasteiger partial charge in [-0.3, -0.25) is 4.79 Å². The lowest BCUT2D eigenvalue weighted by Gasteiger charge is -2.27. The third-order valence-electron chi connectivity index (χ3n) is 3.20. The fourth-order valence-electron chi connectivity index (χ4n) is 1.84. The zero-order chi connectivity index (χ0) is 15.1. The molecule has 0 radical (unpaired) electrons. The van der Waals surface area contributed by atoms with E-state index in [2.05, 4.69) is 5.32 Å². The third-order valence-corrected chi connectivity index (χ3v) is 3.20. The summed E-state index contributed by atoms with van der Waals surface area (Å²) >= 11 is 0. The topological polar surface area (TPSA) is 58.6 Å². The lowest BCUT2D eigenvalue weighted by Crippen LogP contribution is -2.44. The number of nitrogens with zero attached hydrogens (tertiary/aromatic N) is 1. The molecule has 110 valence electrons. The van der Waals surface area contributed by atoms with Gasteiger partial charge in [0.15, 0.2) is 0 Å². The summed E-state index contributed by atoms with van der Waals surface area (Å²) in [6, 6.07) is 6.72. The summed E-state index contributed by atoms with van der Waals surface area (Å²) in [5, 5.41) is 2.85. The molecule has 1 unspecified atom stereocenters. The predicted molar refractivity (Wildman–Crippen MR) is 78.9 cm³/mol. The van der Waals surface area contributed by atoms with Gasteiger partial charge in [-0.15, -0.1) is 0 Å². The van der Waals surface area contributed by atoms with Gasteiger partial charge in [0.05, 0.1) is 18.4 Å². The predicted octanol–water partition coefficient (Wildman–Crippen LogP) is 1.82. The van der Waals surface area contributed by atoms with Gasteiger partial charge in [-0.25, -0.2) is 4.79 Å². The highest BCUT2D eigenvalue weighted by Crippen LogP contribution is 2.21. The van der Waals surface area contributed by atoms with Crippen LogP contribution in [0.3, 0.4) is 0 Å². The first-order valence-electron chi connectivity index (χ1n) is 6.70. The highest BCUT2D eigenvalue weighted by molar-refractivity contribution is 5.97. The quantitative estimate of drug-likeness (QED) is 0.806. The van der Waals surface area contributed by atoms with Crippen molar-refractivity contribution in [1.82, 2.24) is 5.32 Å². The number of anilines is 1. The summed E-state index contributed by atoms with van der Waals surface area (Å²) in [6.07, 6.45) is 0.890. The van der Waals surface area contributed by atoms with E-state index in [4.69, 9.17) is 4.74 Å². The molecule has 0 aromatic heterocycles. The average molecular weight is 278 g/mol. The normalized spacial score (nSPS) is 11.6. The van der Waals surface area contributed by atoms with Gasteiger partial charge in [0.25, 0.3) is 0 Å². The van der Waals surface area contributed by atoms with Crippen molar-refractivity contribution in [2.75, 3.05) is 25.6 Å². The summed E-state index contributed by atoms with van der Waals surface area (Å²) in [4.78, 5) is 25.5. The molecule has 0 saturated carbocycles. The molecule has 1 aromatic rings. The van der Waals surface area contributed by atoms with Crippen LogP contribution >= 0.6 is 0 Å². The summed E-state index contributed by atoms with van der Waals surface area (Å²) in [6.45, 7) is 4.45. The number of hydrogen-bond donors (Lipinski definition) is 1. The molecule has 0 heterocycles. The summed E-state index contributed by atoms with van der Waals surface area (Å²) in [7, 11) is 3.13. The Bertz CT molecular complexity index is 474. The monoisotopic (exact) mass is 278 g/mol. The first-order chi connectivity index (χ1) is 9.52. The molecule has 5 nitrogen and oxygen atoms in total. The Hall–Kier alpha value is -2.04. The highest BCUT2D eigenvalue weighted by Gasteiger charge is 2.22. The minimum atomic E-state index is -0.409. The number of benzene rings is 1. The van der Waals surface area contributed by atoms with E-state index in [1.54, 1.807) is 37.1 Å². The molecular weight excluding hydrogens is 256 g/mol. The lowest BCUT2D eigenvalue weighted by molar-refractivity contribution is -0.122. The molecular formula is C15H22N2O3. The Morgan fingerprint density at radius 1 is 1.35 bits per heavy atom. The molecule has 1 amide bonds. The van der Waals surface area contributed by atoms with Gasteiger partial charge in [0.2, 0.25) is 5.91 Å². The molecule has 5 heteroatoms. The van der Waals surface area contributed by atoms with Crippen molar-refractivity contribution in [3.63, 3.8) is 0 Å². The molecule has 0 saturated heterocycles. The molecule has 1 atom stereocenters. The third kappa shape index (κ3) is 3.73. The Morgan fingerprint density at radius 3 is 2.60 bits per heavy atom. The van der Waals surface area contributed by atoms with Crippen LogP contribution in [0.4, 0.5) is 5.69 Å². The van der Waals surface area contributed by atoms with Crippen molar-refractivity contribution in [3.8, 4) is 0 Å². The summed E-state index contributed by atoms with van der Waals surface area (Å²) < 4.78 is 4.77. The number of rotatable bonds is 6. The van der Waals surface area contributed by atoms with Crippen molar-refractivity contribution in [3.05, 3.63) is 29.8 Å². The maximum absolute atomic E-state index is 12.0. The Kier molecular flexibility index (Phi) is 6.03. The molecule has 1 aromatic carbocycles. The van der Waals surface area contributed by atoms with E-state index < -0.39 is 5.97 Å². The largest absolute Gasteiger partial charge is 0.465 e. The number of carbonyl (C=O) groups is 2. The van der Waals surface area contributed by atoms with E-state index in [-0.39, 0.29) is 11.9 Å². The zero-order valence-corrected chi connectivity index (χ0v) is 12.5. The van der Waals surface area contributed by atoms with Crippen LogP contribution in [0.15, 0.2) is 24.3 Å². The molecule has 0 bridgehead atoms. The van der Waals surface area contributed by atoms with Gasteiger partial charge < -0.3 is 15.0 Å². The summed E-state index contributed by atoms with van der Waals surface area (Å²) in [5.41, 5.74) is 1.13. The fraction of sp³-hybridized carbons (Fsp3) is 0.467. The number of likely N-dealkylation sites (N-methyl/N-ethyl adjacent to an activating group) is 1. The molecule has 0 aliphatic heterocycles. The average Bonchev–Trinajstić information content (AvgIpc) is 2.50. The van der Waals surface area contributed by atoms with Crippen LogP contribution in [-0.2, 0) is 9.53 Å². The molecule has 0 aliphatic rings. The SMILES string of the molecule is CCCNC(=O)C(C)N(C)c1ccccc1C(=O)OC. The van der Waals surface area contributed by atoms with Gasteiger partial charge in [-0.1, -0.05) is 19.1 Å². The second-order valence-corrected chi connectivity index (χ2v) is 4.59. The standard InChI is InChI=1S/C15H22N2O3/c1-5-10-16-14(18)11(2)17(3)13-9-7-6-8-12(13)15(19)20-4/h6-9,11H,5,10H2,1-4H3,(H,16,18). The van der Waals surface area contributed by atoms with Gasteiger partial charge in [0.1, 0.15) is 6.04 Å². The number of para-hydroxylation sites is 1. The minimum absolute atomic E-state index is 0.0611. The number of methoxy groups -OCH3 is 1. The van der Waals surface area contributed by atoms with Gasteiger partial charge in [-0.05, 0) is 25.5 Å². The molecule has 1 rings (SSSR count). The van der Waals surface area contributed by atoms with Crippen molar-refractivity contribution in [2.24, 2.45) is 0 Å². The number of hydrogen-bond acceptors (Lipinski definition) is 4. The molecule has 0 aliphatic carbocycles. The molecule has 20 heavy (non-hydrogen) atoms. The first-order valence-corrected chi connectivity index (χ1v) is 6.70. The second kappa shape index (κ2) is 7.53. The number of amides is 1. The number of esters is 1. The van der Waals surface area contributed by atoms with Crippen molar-refractivity contribution >= 4 is 17.6 Å². The Balaban J connectivity index is 2.94. The smallest absolute Gasteiger partial charge is 0.339 e. The van der Waals surface area contributed by atoms with Crippen LogP contribution in [0.5, 0.6) is 0 Å². The van der Waals surface area contributed by atoms with E-state index in [1.807, 2.05) is 13.0 Å². The highest BCUT2D eigenvalue weighted by atomic mass is 16.5. The van der Waals surface area contributed by atoms with Crippen LogP contribution in [-0.4, -0.2) is 38.6 Å². The van der Waals surface area contributed by atoms with Crippen LogP contribution < -0.4 is 10.2 Å². The molecule has 1 N–H and O–H groups in total. The second-order valence-electron chi connectivity index (χ2n) is 4.59. The van der Waals surface area contributed by atoms with Crippen molar-refractivity contribution in [2.45, 2.75) is 26.3 Å². The Labute approximate surface area is 119 Å². The lowest BCUT2D eigenvalue weighted by atomic mass is 10.1. The van der Waals surface area contributed by atoms with E-state index >= 15 is 0 Å². The number of nitrogens with one attached hydrogen (secondary N) is 1. The van der Waals surface area contributed by atoms with Crippen molar-refractivity contribution in [1.29, 1.82) is 0 Å². The van der Waals surface area contributed by atoms with Crippen LogP contribution in [0.25, 0.3) is 0 Å². The maximum atomic E-state index is 12.0. The van der Waals surface area contributed by atoms with Gasteiger partial charge >= 0.3 is 5.97 Å². The maximum Gasteiger partial charge on any atom is 0.339 e. The van der Waals surface area contributed by atoms with Crippen molar-refractivity contribution < 1.29 is 14.3 Å². The van der Waals surface area contributed by atoms with Gasteiger partial charge in [-0.2, -0.15) is 0 Å². The fourth-order valence-corrected chi connectivity index (χ4v) is 1.84. The Morgan fingerprint density at radius 2 is 2.00 bits per heavy atom. The number of carbonyl (C=O) groups excluding carboxylic acids is 2. The van der Waals surface area contributed by atoms with Crippen LogP contribution in [0.1, 0.15) is 30.6 Å². The van der Waals surface area contributed by atoms with E-state index in [1.165, 1.54) is 7.11 Å².